The lowest BCUT2D eigenvalue weighted by atomic mass is 10.1. The van der Waals surface area contributed by atoms with Gasteiger partial charge in [0.1, 0.15) is 10.7 Å². The number of methoxy groups -OCH3 is 1. The summed E-state index contributed by atoms with van der Waals surface area (Å²) >= 11 is 1.30. The van der Waals surface area contributed by atoms with Crippen LogP contribution in [0.4, 0.5) is 0 Å². The fourth-order valence-corrected chi connectivity index (χ4v) is 2.78. The van der Waals surface area contributed by atoms with Gasteiger partial charge >= 0.3 is 5.97 Å². The number of rotatable bonds is 3. The molecule has 0 saturated carbocycles. The molecule has 100 valence electrons. The third kappa shape index (κ3) is 2.58. The lowest BCUT2D eigenvalue weighted by Crippen LogP contribution is -2.11. The first kappa shape index (κ1) is 13.5. The summed E-state index contributed by atoms with van der Waals surface area (Å²) in [6, 6.07) is 1.40. The fourth-order valence-electron chi connectivity index (χ4n) is 1.81. The molecular weight excluding hydrogens is 264 g/mol. The molecule has 19 heavy (non-hydrogen) atoms. The van der Waals surface area contributed by atoms with Crippen molar-refractivity contribution in [3.05, 3.63) is 38.1 Å². The minimum absolute atomic E-state index is 0.219. The lowest BCUT2D eigenvalue weighted by molar-refractivity contribution is 0.0607. The molecule has 0 aliphatic heterocycles. The second-order valence-electron chi connectivity index (χ2n) is 4.05. The number of nitrogens with zero attached hydrogens (tertiary/aromatic N) is 1. The quantitative estimate of drug-likeness (QED) is 0.873. The predicted molar refractivity (Wildman–Crippen MR) is 73.6 cm³/mol. The van der Waals surface area contributed by atoms with E-state index in [0.717, 1.165) is 5.56 Å². The molecular formula is C13H14N2O3S. The number of hydrogen-bond acceptors (Lipinski definition) is 5. The van der Waals surface area contributed by atoms with Gasteiger partial charge in [-0.2, -0.15) is 0 Å². The van der Waals surface area contributed by atoms with Crippen molar-refractivity contribution >= 4 is 17.3 Å². The van der Waals surface area contributed by atoms with Crippen LogP contribution in [0.3, 0.4) is 0 Å². The average molecular weight is 278 g/mol. The lowest BCUT2D eigenvalue weighted by Gasteiger charge is -2.05. The van der Waals surface area contributed by atoms with Gasteiger partial charge < -0.3 is 9.72 Å². The molecule has 5 nitrogen and oxygen atoms in total. The van der Waals surface area contributed by atoms with Gasteiger partial charge in [0.15, 0.2) is 0 Å². The first-order valence-corrected chi connectivity index (χ1v) is 6.71. The molecule has 0 aromatic carbocycles. The van der Waals surface area contributed by atoms with Crippen molar-refractivity contribution in [1.29, 1.82) is 0 Å². The molecule has 1 N–H and O–H groups in total. The summed E-state index contributed by atoms with van der Waals surface area (Å²) in [6.45, 7) is 3.79. The number of esters is 1. The van der Waals surface area contributed by atoms with Crippen LogP contribution in [0, 0.1) is 6.92 Å². The Morgan fingerprint density at radius 1 is 1.53 bits per heavy atom. The number of carbonyl (C=O) groups is 1. The van der Waals surface area contributed by atoms with Crippen molar-refractivity contribution in [3.63, 3.8) is 0 Å². The average Bonchev–Trinajstić information content (AvgIpc) is 2.79. The summed E-state index contributed by atoms with van der Waals surface area (Å²) in [7, 11) is 1.34. The number of nitrogens with one attached hydrogen (secondary N) is 1. The van der Waals surface area contributed by atoms with E-state index in [0.29, 0.717) is 28.4 Å². The fraction of sp³-hybridized carbons (Fsp3) is 0.308. The summed E-state index contributed by atoms with van der Waals surface area (Å²) in [5.41, 5.74) is 1.88. The number of ether oxygens (including phenoxy) is 1. The highest BCUT2D eigenvalue weighted by atomic mass is 32.1. The van der Waals surface area contributed by atoms with E-state index in [4.69, 9.17) is 4.74 Å². The maximum atomic E-state index is 11.7. The van der Waals surface area contributed by atoms with Gasteiger partial charge in [0.05, 0.1) is 12.8 Å². The molecule has 2 rings (SSSR count). The van der Waals surface area contributed by atoms with Crippen molar-refractivity contribution in [2.24, 2.45) is 0 Å². The molecule has 0 amide bonds. The molecule has 0 unspecified atom stereocenters. The van der Waals surface area contributed by atoms with Gasteiger partial charge in [-0.3, -0.25) is 4.79 Å². The minimum atomic E-state index is -0.409. The second-order valence-corrected chi connectivity index (χ2v) is 4.92. The zero-order chi connectivity index (χ0) is 14.0. The Balaban J connectivity index is 2.64. The van der Waals surface area contributed by atoms with E-state index < -0.39 is 5.97 Å². The normalized spacial score (nSPS) is 10.5. The van der Waals surface area contributed by atoms with Crippen LogP contribution >= 0.6 is 11.3 Å². The van der Waals surface area contributed by atoms with Crippen LogP contribution in [0.15, 0.2) is 16.2 Å². The van der Waals surface area contributed by atoms with Gasteiger partial charge in [0, 0.05) is 18.1 Å². The first-order valence-electron chi connectivity index (χ1n) is 5.83. The van der Waals surface area contributed by atoms with Gasteiger partial charge in [0.2, 0.25) is 0 Å². The van der Waals surface area contributed by atoms with Gasteiger partial charge in [-0.15, -0.1) is 11.3 Å². The first-order chi connectivity index (χ1) is 9.06. The molecule has 0 aliphatic carbocycles. The van der Waals surface area contributed by atoms with Crippen molar-refractivity contribution in [2.45, 2.75) is 20.3 Å². The molecule has 0 radical (unpaired) electrons. The van der Waals surface area contributed by atoms with E-state index in [1.54, 1.807) is 0 Å². The second kappa shape index (κ2) is 5.36. The van der Waals surface area contributed by atoms with Crippen molar-refractivity contribution < 1.29 is 9.53 Å². The number of hydrogen-bond donors (Lipinski definition) is 1. The van der Waals surface area contributed by atoms with E-state index in [-0.39, 0.29) is 5.56 Å². The minimum Gasteiger partial charge on any atom is -0.465 e. The summed E-state index contributed by atoms with van der Waals surface area (Å²) in [4.78, 5) is 30.9. The molecule has 0 fully saturated rings. The number of aromatic amines is 1. The molecule has 6 heteroatoms. The molecule has 2 aromatic heterocycles. The van der Waals surface area contributed by atoms with Crippen LogP contribution in [0.1, 0.15) is 28.0 Å². The Labute approximate surface area is 114 Å². The maximum absolute atomic E-state index is 11.7. The summed E-state index contributed by atoms with van der Waals surface area (Å²) in [6.07, 6.45) is 0.625. The standard InChI is InChI=1S/C13H14N2O3S/c1-4-9-14-8(5-10(16)15-9)11-7(2)6-19-12(11)13(17)18-3/h5-6H,4H2,1-3H3,(H,14,15,16). The van der Waals surface area contributed by atoms with E-state index in [9.17, 15) is 9.59 Å². The topological polar surface area (TPSA) is 72.0 Å². The molecule has 2 aromatic rings. The van der Waals surface area contributed by atoms with Crippen molar-refractivity contribution in [2.75, 3.05) is 7.11 Å². The Morgan fingerprint density at radius 2 is 2.26 bits per heavy atom. The number of aryl methyl sites for hydroxylation is 2. The van der Waals surface area contributed by atoms with Gasteiger partial charge in [-0.1, -0.05) is 6.92 Å². The smallest absolute Gasteiger partial charge is 0.348 e. The molecule has 0 bridgehead atoms. The van der Waals surface area contributed by atoms with Gasteiger partial charge in [-0.05, 0) is 17.9 Å². The van der Waals surface area contributed by atoms with Crippen LogP contribution in [-0.4, -0.2) is 23.0 Å². The highest BCUT2D eigenvalue weighted by Crippen LogP contribution is 2.31. The van der Waals surface area contributed by atoms with Crippen LogP contribution in [-0.2, 0) is 11.2 Å². The van der Waals surface area contributed by atoms with E-state index in [1.165, 1.54) is 24.5 Å². The molecule has 0 atom stereocenters. The van der Waals surface area contributed by atoms with Crippen LogP contribution in [0.25, 0.3) is 11.3 Å². The summed E-state index contributed by atoms with van der Waals surface area (Å²) in [5.74, 6) is 0.192. The Hall–Kier alpha value is -1.95. The monoisotopic (exact) mass is 278 g/mol. The molecule has 0 spiro atoms. The van der Waals surface area contributed by atoms with Crippen LogP contribution in [0.5, 0.6) is 0 Å². The van der Waals surface area contributed by atoms with E-state index in [1.807, 2.05) is 19.2 Å². The highest BCUT2D eigenvalue weighted by molar-refractivity contribution is 7.12. The van der Waals surface area contributed by atoms with Crippen molar-refractivity contribution in [3.8, 4) is 11.3 Å². The SMILES string of the molecule is CCc1nc(-c2c(C)csc2C(=O)OC)cc(=O)[nH]1. The maximum Gasteiger partial charge on any atom is 0.348 e. The number of carbonyl (C=O) groups excluding carboxylic acids is 1. The third-order valence-electron chi connectivity index (χ3n) is 2.73. The molecule has 2 heterocycles. The van der Waals surface area contributed by atoms with Gasteiger partial charge in [-0.25, -0.2) is 9.78 Å². The summed E-state index contributed by atoms with van der Waals surface area (Å²) in [5, 5.41) is 1.86. The Kier molecular flexibility index (Phi) is 3.80. The van der Waals surface area contributed by atoms with E-state index in [2.05, 4.69) is 9.97 Å². The van der Waals surface area contributed by atoms with Crippen molar-refractivity contribution in [1.82, 2.24) is 9.97 Å². The zero-order valence-corrected chi connectivity index (χ0v) is 11.8. The Bertz CT molecular complexity index is 673. The zero-order valence-electron chi connectivity index (χ0n) is 10.9. The number of thiophene rings is 1. The van der Waals surface area contributed by atoms with E-state index >= 15 is 0 Å². The van der Waals surface area contributed by atoms with Crippen LogP contribution < -0.4 is 5.56 Å². The van der Waals surface area contributed by atoms with Crippen LogP contribution in [0.2, 0.25) is 0 Å². The molecule has 0 saturated heterocycles. The Morgan fingerprint density at radius 3 is 2.89 bits per heavy atom. The molecule has 0 aliphatic rings. The number of aromatic nitrogens is 2. The van der Waals surface area contributed by atoms with Gasteiger partial charge in [0.25, 0.3) is 5.56 Å². The largest absolute Gasteiger partial charge is 0.465 e. The predicted octanol–water partition coefficient (Wildman–Crippen LogP) is 2.16. The highest BCUT2D eigenvalue weighted by Gasteiger charge is 2.19. The third-order valence-corrected chi connectivity index (χ3v) is 3.81. The number of H-pyrrole nitrogens is 1. The summed E-state index contributed by atoms with van der Waals surface area (Å²) < 4.78 is 4.76.